The van der Waals surface area contributed by atoms with Gasteiger partial charge < -0.3 is 75.0 Å². The number of nitrogens with one attached hydrogen (secondary N) is 5. The van der Waals surface area contributed by atoms with Crippen LogP contribution >= 0.6 is 0 Å². The van der Waals surface area contributed by atoms with Gasteiger partial charge in [-0.1, -0.05) is 51.8 Å². The van der Waals surface area contributed by atoms with Gasteiger partial charge in [0.15, 0.2) is 29.1 Å². The van der Waals surface area contributed by atoms with Gasteiger partial charge in [-0.2, -0.15) is 0 Å². The number of guanidine groups is 1. The average Bonchev–Trinajstić information content (AvgIpc) is 3.84. The van der Waals surface area contributed by atoms with E-state index in [-0.39, 0.29) is 69.9 Å². The van der Waals surface area contributed by atoms with E-state index in [9.17, 15) is 68.1 Å². The third-order valence-electron chi connectivity index (χ3n) is 14.5. The summed E-state index contributed by atoms with van der Waals surface area (Å²) in [5, 5.41) is 41.6. The van der Waals surface area contributed by atoms with Gasteiger partial charge in [0, 0.05) is 91.8 Å². The molecule has 0 bridgehead atoms. The predicted octanol–water partition coefficient (Wildman–Crippen LogP) is 0.259. The van der Waals surface area contributed by atoms with Gasteiger partial charge in [0.1, 0.15) is 17.9 Å². The molecule has 0 saturated carbocycles. The van der Waals surface area contributed by atoms with E-state index in [1.165, 1.54) is 13.8 Å². The number of benzene rings is 1. The van der Waals surface area contributed by atoms with Crippen LogP contribution in [0.2, 0.25) is 0 Å². The number of carbonyl (C=O) groups is 11. The monoisotopic (exact) mass is 1140 g/mol. The van der Waals surface area contributed by atoms with Crippen LogP contribution in [0.15, 0.2) is 35.5 Å². The number of hydrogen-bond acceptors (Lipinski definition) is 16. The number of aliphatic hydroxyl groups excluding tert-OH is 2. The Kier molecular flexibility index (Phi) is 32.2. The molecule has 0 aliphatic rings. The number of primary amides is 1. The van der Waals surface area contributed by atoms with Crippen molar-refractivity contribution < 1.29 is 68.1 Å². The first-order valence-corrected chi connectivity index (χ1v) is 28.0. The SMILES string of the molecule is CC[C@H](C)[C@H](CC(=O)[C@H](CCC(=O)O)NC(=O)[C@H](C)CC(C)=O)C(=O)N[C@@H](CCCCN)C(=O)C[C@@H](CCCCN)C(=O)N[C@@H](CO)C(=O)C[C@@H](Cc1c[nH]c2ccccc12)C(=O)N[C@@H](CO)C(=O)C[C@@H](CCCN=C(N)N)C(N)=O. The summed E-state index contributed by atoms with van der Waals surface area (Å²) in [6.45, 7) is 5.22. The van der Waals surface area contributed by atoms with Crippen molar-refractivity contribution in [2.75, 3.05) is 32.8 Å². The number of aliphatic hydroxyl groups is 2. The van der Waals surface area contributed by atoms with Gasteiger partial charge in [0.05, 0.1) is 25.3 Å². The predicted molar refractivity (Wildman–Crippen MR) is 302 cm³/mol. The highest BCUT2D eigenvalue weighted by Gasteiger charge is 2.37. The van der Waals surface area contributed by atoms with Crippen molar-refractivity contribution in [3.8, 4) is 0 Å². The third kappa shape index (κ3) is 25.2. The molecule has 81 heavy (non-hydrogen) atoms. The molecule has 0 fully saturated rings. The smallest absolute Gasteiger partial charge is 0.303 e. The van der Waals surface area contributed by atoms with Crippen LogP contribution < -0.4 is 49.9 Å². The maximum atomic E-state index is 14.4. The lowest BCUT2D eigenvalue weighted by Crippen LogP contribution is -2.50. The Morgan fingerprint density at radius 1 is 0.605 bits per heavy atom. The van der Waals surface area contributed by atoms with Gasteiger partial charge in [0.2, 0.25) is 29.5 Å². The molecule has 1 aromatic carbocycles. The minimum atomic E-state index is -1.59. The normalized spacial score (nSPS) is 15.0. The Labute approximate surface area is 473 Å². The van der Waals surface area contributed by atoms with E-state index in [1.807, 2.05) is 0 Å². The Morgan fingerprint density at radius 3 is 1.67 bits per heavy atom. The molecule has 5 amide bonds. The summed E-state index contributed by atoms with van der Waals surface area (Å²) < 4.78 is 0. The lowest BCUT2D eigenvalue weighted by atomic mass is 9.84. The number of para-hydroxylation sites is 1. The van der Waals surface area contributed by atoms with E-state index in [0.29, 0.717) is 44.1 Å². The molecule has 0 saturated heterocycles. The van der Waals surface area contributed by atoms with Gasteiger partial charge >= 0.3 is 5.97 Å². The van der Waals surface area contributed by atoms with E-state index in [1.54, 1.807) is 44.3 Å². The van der Waals surface area contributed by atoms with Crippen LogP contribution in [0.1, 0.15) is 136 Å². The second-order valence-corrected chi connectivity index (χ2v) is 21.1. The fourth-order valence-corrected chi connectivity index (χ4v) is 9.47. The molecule has 1 heterocycles. The van der Waals surface area contributed by atoms with Crippen molar-refractivity contribution in [2.45, 2.75) is 161 Å². The van der Waals surface area contributed by atoms with Crippen LogP contribution in [0.4, 0.5) is 0 Å². The van der Waals surface area contributed by atoms with Crippen molar-refractivity contribution in [1.82, 2.24) is 26.3 Å². The zero-order valence-corrected chi connectivity index (χ0v) is 47.4. The van der Waals surface area contributed by atoms with Gasteiger partial charge in [-0.05, 0) is 95.3 Å². The number of aromatic amines is 1. The van der Waals surface area contributed by atoms with Crippen LogP contribution in [-0.2, 0) is 59.2 Å². The van der Waals surface area contributed by atoms with E-state index >= 15 is 0 Å². The number of fused-ring (bicyclic) bond motifs is 1. The number of carbonyl (C=O) groups excluding carboxylic acids is 10. The fraction of sp³-hybridized carbons (Fsp3) is 0.643. The van der Waals surface area contributed by atoms with E-state index in [0.717, 1.165) is 10.9 Å². The van der Waals surface area contributed by atoms with Crippen LogP contribution in [0.25, 0.3) is 10.9 Å². The second kappa shape index (κ2) is 37.1. The topological polar surface area (TPSA) is 455 Å². The molecule has 452 valence electrons. The van der Waals surface area contributed by atoms with Gasteiger partial charge in [-0.15, -0.1) is 0 Å². The number of aliphatic carboxylic acids is 1. The fourth-order valence-electron chi connectivity index (χ4n) is 9.47. The summed E-state index contributed by atoms with van der Waals surface area (Å²) in [7, 11) is 0. The lowest BCUT2D eigenvalue weighted by Gasteiger charge is -2.28. The number of unbranched alkanes of at least 4 members (excludes halogenated alkanes) is 2. The van der Waals surface area contributed by atoms with Crippen LogP contribution in [0, 0.1) is 35.5 Å². The summed E-state index contributed by atoms with van der Waals surface area (Å²) in [4.78, 5) is 154. The van der Waals surface area contributed by atoms with Crippen LogP contribution in [0.3, 0.4) is 0 Å². The highest BCUT2D eigenvalue weighted by Crippen LogP contribution is 2.26. The molecular formula is C56H89N11O14. The number of ketones is 5. The Hall–Kier alpha value is -6.96. The largest absolute Gasteiger partial charge is 0.481 e. The molecule has 0 unspecified atom stereocenters. The number of nitrogens with two attached hydrogens (primary N) is 5. The molecule has 0 aliphatic carbocycles. The molecule has 18 N–H and O–H groups in total. The van der Waals surface area contributed by atoms with E-state index in [2.05, 4.69) is 31.2 Å². The number of aromatic nitrogens is 1. The van der Waals surface area contributed by atoms with Crippen LogP contribution in [0.5, 0.6) is 0 Å². The van der Waals surface area contributed by atoms with Crippen molar-refractivity contribution in [1.29, 1.82) is 0 Å². The van der Waals surface area contributed by atoms with Crippen molar-refractivity contribution >= 4 is 81.3 Å². The molecule has 0 aliphatic heterocycles. The summed E-state index contributed by atoms with van der Waals surface area (Å²) in [5.41, 5.74) is 29.2. The first-order chi connectivity index (χ1) is 38.4. The summed E-state index contributed by atoms with van der Waals surface area (Å²) in [5.74, 6) is -13.7. The molecule has 1 aromatic heterocycles. The van der Waals surface area contributed by atoms with Gasteiger partial charge in [-0.3, -0.25) is 52.9 Å². The standard InChI is InChI=1S/C56H89N11O14/c1-5-32(2)40(28-49(74)43(18-19-50(75)76)64-52(78)33(3)23-34(4)70)55(81)65-42(17-9-11-21-58)46(71)26-36(13-8-10-20-57)53(79)66-45(31-69)48(73)27-37(24-38-29-63-41-16-7-6-15-39(38)41)54(80)67-44(30-68)47(72)25-35(51(59)77)14-12-22-62-56(60)61/h6-7,15-16,29,32-33,35-37,40,42-45,63,68-69H,5,8-14,17-28,30-31,57-58H2,1-4H3,(H2,59,77)(H,64,78)(H,65,81)(H,66,79)(H,67,80)(H,75,76)(H4,60,61,62)/t32-,33+,35+,36+,37+,40-,42-,43-,44-,45-/m0/s1. The summed E-state index contributed by atoms with van der Waals surface area (Å²) >= 11 is 0. The van der Waals surface area contributed by atoms with Gasteiger partial charge in [-0.25, -0.2) is 0 Å². The number of carboxylic acid groups (broad SMARTS) is 1. The number of nitrogens with zero attached hydrogens (tertiary/aromatic N) is 1. The Morgan fingerprint density at radius 2 is 1.11 bits per heavy atom. The number of aliphatic imine (C=N–C) groups is 1. The number of amides is 5. The maximum absolute atomic E-state index is 14.4. The number of carboxylic acids is 1. The van der Waals surface area contributed by atoms with Crippen molar-refractivity contribution in [2.24, 2.45) is 69.2 Å². The first-order valence-electron chi connectivity index (χ1n) is 28.0. The molecule has 2 aromatic rings. The molecule has 2 rings (SSSR count). The Bertz CT molecular complexity index is 2460. The van der Waals surface area contributed by atoms with Crippen LogP contribution in [-0.4, -0.2) is 148 Å². The van der Waals surface area contributed by atoms with E-state index < -0.39 is 164 Å². The highest BCUT2D eigenvalue weighted by molar-refractivity contribution is 5.99. The Balaban J connectivity index is 2.44. The quantitative estimate of drug-likeness (QED) is 0.0240. The second-order valence-electron chi connectivity index (χ2n) is 21.1. The molecule has 0 spiro atoms. The average molecular weight is 1140 g/mol. The van der Waals surface area contributed by atoms with Gasteiger partial charge in [0.25, 0.3) is 0 Å². The zero-order valence-electron chi connectivity index (χ0n) is 47.4. The molecule has 25 heteroatoms. The number of hydrogen-bond donors (Lipinski definition) is 13. The number of Topliss-reactive ketones (excluding diaryl/α,β-unsaturated/α-hetero) is 5. The maximum Gasteiger partial charge on any atom is 0.303 e. The summed E-state index contributed by atoms with van der Waals surface area (Å²) in [6.07, 6.45) is 1.49. The third-order valence-corrected chi connectivity index (χ3v) is 14.5. The number of H-pyrrole nitrogens is 1. The summed E-state index contributed by atoms with van der Waals surface area (Å²) in [6, 6.07) is 1.58. The minimum Gasteiger partial charge on any atom is -0.481 e. The number of rotatable bonds is 44. The minimum absolute atomic E-state index is 0.0857. The van der Waals surface area contributed by atoms with E-state index in [4.69, 9.17) is 28.7 Å². The zero-order chi connectivity index (χ0) is 60.8. The molecular weight excluding hydrogens is 1050 g/mol. The lowest BCUT2D eigenvalue weighted by molar-refractivity contribution is -0.139. The highest BCUT2D eigenvalue weighted by atomic mass is 16.4. The molecule has 25 nitrogen and oxygen atoms in total. The first kappa shape index (κ1) is 70.1. The van der Waals surface area contributed by atoms with Crippen molar-refractivity contribution in [3.05, 3.63) is 36.0 Å². The molecule has 10 atom stereocenters. The van der Waals surface area contributed by atoms with Crippen molar-refractivity contribution in [3.63, 3.8) is 0 Å². The molecule has 0 radical (unpaired) electrons.